The monoisotopic (exact) mass is 192 g/mol. The third-order valence-electron chi connectivity index (χ3n) is 2.55. The third-order valence-corrected chi connectivity index (χ3v) is 3.89. The van der Waals surface area contributed by atoms with E-state index in [2.05, 4.69) is 55.7 Å². The highest BCUT2D eigenvalue weighted by molar-refractivity contribution is 7.81. The largest absolute Gasteiger partial charge is 0.144 e. The first-order chi connectivity index (χ1) is 5.46. The molecule has 0 nitrogen and oxygen atoms in total. The molecular formula is C7H11B3S2. The minimum Gasteiger partial charge on any atom is -0.144 e. The first-order valence-corrected chi connectivity index (χ1v) is 4.84. The van der Waals surface area contributed by atoms with Gasteiger partial charge in [-0.3, -0.25) is 0 Å². The molecule has 12 heavy (non-hydrogen) atoms. The third kappa shape index (κ3) is 1.45. The fraction of sp³-hybridized carbons (Fsp3) is 0.143. The molecule has 0 aliphatic rings. The Kier molecular flexibility index (Phi) is 2.94. The number of hydrogen-bond acceptors (Lipinski definition) is 2. The normalized spacial score (nSPS) is 10.2. The molecule has 0 N–H and O–H groups in total. The zero-order chi connectivity index (χ0) is 9.46. The van der Waals surface area contributed by atoms with E-state index in [1.165, 1.54) is 22.0 Å². The molecule has 0 aromatic heterocycles. The highest BCUT2D eigenvalue weighted by Crippen LogP contribution is 2.14. The maximum Gasteiger partial charge on any atom is 0.139 e. The topological polar surface area (TPSA) is 0 Å². The van der Waals surface area contributed by atoms with Crippen molar-refractivity contribution in [2.24, 2.45) is 0 Å². The fourth-order valence-corrected chi connectivity index (χ4v) is 1.96. The van der Waals surface area contributed by atoms with Crippen molar-refractivity contribution in [1.82, 2.24) is 0 Å². The number of hydrogen-bond donors (Lipinski definition) is 2. The van der Waals surface area contributed by atoms with Crippen molar-refractivity contribution in [2.75, 3.05) is 0 Å². The molecule has 0 spiro atoms. The summed E-state index contributed by atoms with van der Waals surface area (Å²) in [5.74, 6) is 0. The summed E-state index contributed by atoms with van der Waals surface area (Å²) in [4.78, 5) is 2.14. The maximum atomic E-state index is 4.45. The van der Waals surface area contributed by atoms with Crippen molar-refractivity contribution in [1.29, 1.82) is 0 Å². The molecule has 0 saturated heterocycles. The molecule has 1 aromatic carbocycles. The van der Waals surface area contributed by atoms with Crippen molar-refractivity contribution in [3.8, 4) is 0 Å². The molecule has 0 bridgehead atoms. The van der Waals surface area contributed by atoms with E-state index >= 15 is 0 Å². The van der Waals surface area contributed by atoms with Crippen molar-refractivity contribution < 1.29 is 0 Å². The summed E-state index contributed by atoms with van der Waals surface area (Å²) in [5.41, 5.74) is 5.02. The summed E-state index contributed by atoms with van der Waals surface area (Å²) in [5, 5.41) is 0. The van der Waals surface area contributed by atoms with E-state index in [9.17, 15) is 0 Å². The van der Waals surface area contributed by atoms with Crippen LogP contribution in [0.4, 0.5) is 0 Å². The van der Waals surface area contributed by atoms with Gasteiger partial charge in [0, 0.05) is 9.79 Å². The molecule has 0 fully saturated rings. The van der Waals surface area contributed by atoms with Gasteiger partial charge in [-0.2, -0.15) is 0 Å². The van der Waals surface area contributed by atoms with Crippen LogP contribution in [0.15, 0.2) is 9.79 Å². The summed E-state index contributed by atoms with van der Waals surface area (Å²) in [6.07, 6.45) is 0. The molecule has 0 unspecified atom stereocenters. The second-order valence-corrected chi connectivity index (χ2v) is 4.09. The minimum atomic E-state index is 1.07. The Morgan fingerprint density at radius 2 is 1.17 bits per heavy atom. The lowest BCUT2D eigenvalue weighted by Gasteiger charge is -2.14. The highest BCUT2D eigenvalue weighted by atomic mass is 32.1. The van der Waals surface area contributed by atoms with E-state index in [0.717, 1.165) is 9.79 Å². The Bertz CT molecular complexity index is 231. The Hall–Kier alpha value is 0.115. The zero-order valence-corrected chi connectivity index (χ0v) is 9.68. The predicted molar refractivity (Wildman–Crippen MR) is 70.2 cm³/mol. The summed E-state index contributed by atoms with van der Waals surface area (Å²) in [6, 6.07) is 0. The average Bonchev–Trinajstić information content (AvgIpc) is 2.08. The minimum absolute atomic E-state index is 1.07. The molecule has 0 saturated carbocycles. The number of rotatable bonds is 0. The van der Waals surface area contributed by atoms with E-state index in [1.54, 1.807) is 0 Å². The number of thiol groups is 2. The zero-order valence-electron chi connectivity index (χ0n) is 7.89. The quantitative estimate of drug-likeness (QED) is 0.325. The fourth-order valence-electron chi connectivity index (χ4n) is 1.31. The van der Waals surface area contributed by atoms with Crippen LogP contribution >= 0.6 is 25.3 Å². The lowest BCUT2D eigenvalue weighted by molar-refractivity contribution is 1.26. The second-order valence-electron chi connectivity index (χ2n) is 3.20. The lowest BCUT2D eigenvalue weighted by Crippen LogP contribution is -2.41. The van der Waals surface area contributed by atoms with Crippen molar-refractivity contribution >= 4 is 65.2 Å². The van der Waals surface area contributed by atoms with E-state index in [0.29, 0.717) is 0 Å². The average molecular weight is 192 g/mol. The van der Waals surface area contributed by atoms with Crippen LogP contribution < -0.4 is 16.4 Å². The van der Waals surface area contributed by atoms with E-state index < -0.39 is 0 Å². The van der Waals surface area contributed by atoms with E-state index in [1.807, 2.05) is 0 Å². The molecule has 0 aliphatic heterocycles. The van der Waals surface area contributed by atoms with Gasteiger partial charge in [0.15, 0.2) is 0 Å². The van der Waals surface area contributed by atoms with Gasteiger partial charge in [0.25, 0.3) is 0 Å². The van der Waals surface area contributed by atoms with Crippen molar-refractivity contribution in [2.45, 2.75) is 16.7 Å². The van der Waals surface area contributed by atoms with Crippen molar-refractivity contribution in [3.63, 3.8) is 0 Å². The van der Waals surface area contributed by atoms with Gasteiger partial charge in [-0.1, -0.05) is 16.4 Å². The standard InChI is InChI=1S/C7H11B3S2/c1-2-6(11)4(9)3(8)5(10)7(2)12/h11-12H,8-10H2,1H3. The van der Waals surface area contributed by atoms with Gasteiger partial charge in [-0.25, -0.2) is 0 Å². The van der Waals surface area contributed by atoms with Gasteiger partial charge in [-0.05, 0) is 12.5 Å². The lowest BCUT2D eigenvalue weighted by atomic mass is 9.71. The molecule has 60 valence electrons. The van der Waals surface area contributed by atoms with Crippen LogP contribution in [-0.4, -0.2) is 23.5 Å². The smallest absolute Gasteiger partial charge is 0.139 e. The molecular weight excluding hydrogens is 181 g/mol. The summed E-state index contributed by atoms with van der Waals surface area (Å²) in [6.45, 7) is 2.06. The summed E-state index contributed by atoms with van der Waals surface area (Å²) >= 11 is 8.90. The van der Waals surface area contributed by atoms with Crippen LogP contribution in [0.2, 0.25) is 0 Å². The Labute approximate surface area is 87.6 Å². The van der Waals surface area contributed by atoms with Gasteiger partial charge >= 0.3 is 0 Å². The molecule has 0 amide bonds. The van der Waals surface area contributed by atoms with Crippen LogP contribution in [0, 0.1) is 6.92 Å². The van der Waals surface area contributed by atoms with Gasteiger partial charge in [0.1, 0.15) is 23.5 Å². The SMILES string of the molecule is Bc1c(B)c(S)c(C)c(S)c1B. The van der Waals surface area contributed by atoms with Gasteiger partial charge in [0.05, 0.1) is 0 Å². The molecule has 0 radical (unpaired) electrons. The summed E-state index contributed by atoms with van der Waals surface area (Å²) in [7, 11) is 6.32. The Balaban J connectivity index is 3.60. The number of benzene rings is 1. The van der Waals surface area contributed by atoms with E-state index in [-0.39, 0.29) is 0 Å². The molecule has 0 heterocycles. The van der Waals surface area contributed by atoms with Crippen LogP contribution in [0.1, 0.15) is 5.56 Å². The molecule has 1 rings (SSSR count). The molecule has 0 atom stereocenters. The van der Waals surface area contributed by atoms with Crippen LogP contribution in [-0.2, 0) is 0 Å². The molecule has 5 heteroatoms. The second kappa shape index (κ2) is 3.47. The highest BCUT2D eigenvalue weighted by Gasteiger charge is 2.08. The van der Waals surface area contributed by atoms with Crippen molar-refractivity contribution in [3.05, 3.63) is 5.56 Å². The first kappa shape index (κ1) is 10.2. The maximum absolute atomic E-state index is 4.45. The van der Waals surface area contributed by atoms with Gasteiger partial charge in [0.2, 0.25) is 0 Å². The van der Waals surface area contributed by atoms with Gasteiger partial charge in [-0.15, -0.1) is 25.3 Å². The predicted octanol–water partition coefficient (Wildman–Crippen LogP) is -2.65. The molecule has 0 aliphatic carbocycles. The van der Waals surface area contributed by atoms with Crippen LogP contribution in [0.5, 0.6) is 0 Å². The Morgan fingerprint density at radius 1 is 0.833 bits per heavy atom. The van der Waals surface area contributed by atoms with E-state index in [4.69, 9.17) is 0 Å². The van der Waals surface area contributed by atoms with Crippen LogP contribution in [0.3, 0.4) is 0 Å². The van der Waals surface area contributed by atoms with Gasteiger partial charge < -0.3 is 0 Å². The first-order valence-electron chi connectivity index (χ1n) is 3.95. The summed E-state index contributed by atoms with van der Waals surface area (Å²) < 4.78 is 0. The van der Waals surface area contributed by atoms with Crippen LogP contribution in [0.25, 0.3) is 0 Å². The molecule has 1 aromatic rings. The Morgan fingerprint density at radius 3 is 1.50 bits per heavy atom.